The Morgan fingerprint density at radius 2 is 0.488 bits per heavy atom. The Morgan fingerprint density at radius 1 is 0.256 bits per heavy atom. The number of esters is 3. The van der Waals surface area contributed by atoms with Gasteiger partial charge in [0.25, 0.3) is 0 Å². The van der Waals surface area contributed by atoms with Crippen LogP contribution in [-0.2, 0) is 28.6 Å². The Bertz CT molecular complexity index is 1690. The molecule has 0 fully saturated rings. The molecular formula is C76H128O6. The fraction of sp³-hybridized carbons (Fsp3) is 0.697. The first kappa shape index (κ1) is 77.8. The lowest BCUT2D eigenvalue weighted by Gasteiger charge is -2.18. The number of allylic oxidation sites excluding steroid dienone is 20. The molecular weight excluding hydrogens is 1010 g/mol. The Kier molecular flexibility index (Phi) is 65.8. The molecule has 0 aromatic heterocycles. The summed E-state index contributed by atoms with van der Waals surface area (Å²) in [7, 11) is 0. The summed E-state index contributed by atoms with van der Waals surface area (Å²) in [5.74, 6) is -0.959. The lowest BCUT2D eigenvalue weighted by molar-refractivity contribution is -0.167. The van der Waals surface area contributed by atoms with Crippen LogP contribution in [0.2, 0.25) is 0 Å². The normalized spacial score (nSPS) is 12.9. The van der Waals surface area contributed by atoms with Crippen LogP contribution in [0, 0.1) is 0 Å². The molecule has 1 atom stereocenters. The minimum absolute atomic E-state index is 0.102. The quantitative estimate of drug-likeness (QED) is 0.0261. The van der Waals surface area contributed by atoms with E-state index in [1.165, 1.54) is 161 Å². The van der Waals surface area contributed by atoms with E-state index in [-0.39, 0.29) is 37.5 Å². The second-order valence-electron chi connectivity index (χ2n) is 22.7. The van der Waals surface area contributed by atoms with Gasteiger partial charge in [0.15, 0.2) is 6.10 Å². The largest absolute Gasteiger partial charge is 0.462 e. The molecule has 1 unspecified atom stereocenters. The molecule has 0 rings (SSSR count). The van der Waals surface area contributed by atoms with Crippen molar-refractivity contribution in [1.29, 1.82) is 0 Å². The zero-order valence-electron chi connectivity index (χ0n) is 53.7. The van der Waals surface area contributed by atoms with E-state index in [9.17, 15) is 14.4 Å². The molecule has 82 heavy (non-hydrogen) atoms. The van der Waals surface area contributed by atoms with Gasteiger partial charge in [-0.3, -0.25) is 14.4 Å². The van der Waals surface area contributed by atoms with Gasteiger partial charge in [-0.25, -0.2) is 0 Å². The first-order chi connectivity index (χ1) is 40.5. The van der Waals surface area contributed by atoms with Crippen LogP contribution in [0.5, 0.6) is 0 Å². The van der Waals surface area contributed by atoms with E-state index in [4.69, 9.17) is 14.2 Å². The molecule has 0 bridgehead atoms. The molecule has 0 amide bonds. The molecule has 0 aromatic rings. The summed E-state index contributed by atoms with van der Waals surface area (Å²) in [6.07, 6.45) is 96.6. The van der Waals surface area contributed by atoms with Crippen molar-refractivity contribution in [2.75, 3.05) is 13.2 Å². The van der Waals surface area contributed by atoms with Crippen molar-refractivity contribution >= 4 is 17.9 Å². The van der Waals surface area contributed by atoms with Gasteiger partial charge in [0.05, 0.1) is 0 Å². The monoisotopic (exact) mass is 1140 g/mol. The van der Waals surface area contributed by atoms with Crippen molar-refractivity contribution in [3.05, 3.63) is 122 Å². The molecule has 468 valence electrons. The maximum atomic E-state index is 12.9. The Labute approximate surface area is 507 Å². The molecule has 0 aliphatic carbocycles. The van der Waals surface area contributed by atoms with Gasteiger partial charge in [-0.05, 0) is 122 Å². The molecule has 0 heterocycles. The van der Waals surface area contributed by atoms with Crippen LogP contribution in [0.3, 0.4) is 0 Å². The molecule has 0 radical (unpaired) electrons. The highest BCUT2D eigenvalue weighted by Gasteiger charge is 2.19. The number of unbranched alkanes of at least 4 members (excludes halogenated alkanes) is 31. The van der Waals surface area contributed by atoms with Crippen LogP contribution in [-0.4, -0.2) is 37.2 Å². The summed E-state index contributed by atoms with van der Waals surface area (Å²) in [6.45, 7) is 6.39. The molecule has 0 saturated heterocycles. The summed E-state index contributed by atoms with van der Waals surface area (Å²) >= 11 is 0. The molecule has 0 aliphatic rings. The lowest BCUT2D eigenvalue weighted by atomic mass is 10.0. The van der Waals surface area contributed by atoms with E-state index in [0.717, 1.165) is 116 Å². The number of rotatable bonds is 62. The predicted octanol–water partition coefficient (Wildman–Crippen LogP) is 23.9. The van der Waals surface area contributed by atoms with Gasteiger partial charge in [0.1, 0.15) is 13.2 Å². The fourth-order valence-corrected chi connectivity index (χ4v) is 9.58. The van der Waals surface area contributed by atoms with E-state index >= 15 is 0 Å². The molecule has 0 spiro atoms. The Hall–Kier alpha value is -4.19. The van der Waals surface area contributed by atoms with Gasteiger partial charge < -0.3 is 14.2 Å². The van der Waals surface area contributed by atoms with Crippen LogP contribution in [0.4, 0.5) is 0 Å². The second-order valence-corrected chi connectivity index (χ2v) is 22.7. The lowest BCUT2D eigenvalue weighted by Crippen LogP contribution is -2.30. The van der Waals surface area contributed by atoms with Crippen LogP contribution in [0.1, 0.15) is 323 Å². The van der Waals surface area contributed by atoms with Gasteiger partial charge in [-0.1, -0.05) is 303 Å². The molecule has 0 N–H and O–H groups in total. The highest BCUT2D eigenvalue weighted by atomic mass is 16.6. The Balaban J connectivity index is 4.29. The van der Waals surface area contributed by atoms with E-state index in [0.29, 0.717) is 19.3 Å². The van der Waals surface area contributed by atoms with Gasteiger partial charge in [0, 0.05) is 19.3 Å². The first-order valence-corrected chi connectivity index (χ1v) is 34.5. The summed E-state index contributed by atoms with van der Waals surface area (Å²) in [5, 5.41) is 0. The third kappa shape index (κ3) is 66.6. The Morgan fingerprint density at radius 3 is 0.793 bits per heavy atom. The van der Waals surface area contributed by atoms with Gasteiger partial charge in [0.2, 0.25) is 0 Å². The molecule has 0 aromatic carbocycles. The van der Waals surface area contributed by atoms with E-state index < -0.39 is 6.10 Å². The highest BCUT2D eigenvalue weighted by Crippen LogP contribution is 2.17. The van der Waals surface area contributed by atoms with Crippen molar-refractivity contribution in [3.63, 3.8) is 0 Å². The number of hydrogen-bond donors (Lipinski definition) is 0. The maximum absolute atomic E-state index is 12.9. The number of carbonyl (C=O) groups is 3. The predicted molar refractivity (Wildman–Crippen MR) is 357 cm³/mol. The van der Waals surface area contributed by atoms with Gasteiger partial charge in [-0.2, -0.15) is 0 Å². The van der Waals surface area contributed by atoms with Crippen LogP contribution in [0.25, 0.3) is 0 Å². The zero-order valence-corrected chi connectivity index (χ0v) is 53.7. The highest BCUT2D eigenvalue weighted by molar-refractivity contribution is 5.71. The van der Waals surface area contributed by atoms with E-state index in [2.05, 4.69) is 142 Å². The maximum Gasteiger partial charge on any atom is 0.306 e. The van der Waals surface area contributed by atoms with Crippen molar-refractivity contribution in [2.24, 2.45) is 0 Å². The van der Waals surface area contributed by atoms with Crippen molar-refractivity contribution < 1.29 is 28.6 Å². The smallest absolute Gasteiger partial charge is 0.306 e. The standard InChI is InChI=1S/C76H128O6/c1-4-7-10-13-16-19-22-25-28-31-32-33-34-35-36-37-38-39-40-41-42-43-44-46-48-51-54-57-60-63-66-69-75(78)81-72-73(71-80-74(77)68-65-62-59-56-53-50-47-30-27-24-21-18-15-12-9-6-3)82-76(79)70-67-64-61-58-55-52-49-45-29-26-23-20-17-14-11-8-5-2/h7-8,10-11,16-17,19-20,25-26,28-30,32-33,47,49,52,58,61,73H,4-6,9,12-15,18,21-24,27,31,34-46,48,50-51,53-57,59-60,62-72H2,1-3H3/b10-7-,11-8-,19-16-,20-17-,28-25-,29-26-,33-32-,47-30-,52-49-,61-58-. The van der Waals surface area contributed by atoms with Crippen LogP contribution >= 0.6 is 0 Å². The molecule has 0 saturated carbocycles. The average molecular weight is 1140 g/mol. The number of hydrogen-bond acceptors (Lipinski definition) is 6. The number of carbonyl (C=O) groups excluding carboxylic acids is 3. The van der Waals surface area contributed by atoms with E-state index in [1.54, 1.807) is 0 Å². The number of ether oxygens (including phenoxy) is 3. The summed E-state index contributed by atoms with van der Waals surface area (Å²) < 4.78 is 16.9. The molecule has 0 aliphatic heterocycles. The summed E-state index contributed by atoms with van der Waals surface area (Å²) in [4.78, 5) is 38.4. The molecule has 6 heteroatoms. The van der Waals surface area contributed by atoms with Crippen LogP contribution < -0.4 is 0 Å². The van der Waals surface area contributed by atoms with Crippen molar-refractivity contribution in [3.8, 4) is 0 Å². The van der Waals surface area contributed by atoms with Gasteiger partial charge >= 0.3 is 17.9 Å². The zero-order chi connectivity index (χ0) is 59.2. The third-order valence-corrected chi connectivity index (χ3v) is 14.7. The average Bonchev–Trinajstić information content (AvgIpc) is 3.47. The topological polar surface area (TPSA) is 78.9 Å². The SMILES string of the molecule is CC/C=C\C/C=C\C/C=C\C/C=C\C/C=C\CCCC(=O)OC(COC(=O)CCCCCCC/C=C\CCCCCCCCC)COC(=O)CCCCCCCCCCCCCCCCCCCC/C=C\C/C=C\C/C=C\C/C=C\CC. The fourth-order valence-electron chi connectivity index (χ4n) is 9.58. The van der Waals surface area contributed by atoms with E-state index in [1.807, 2.05) is 0 Å². The van der Waals surface area contributed by atoms with Crippen molar-refractivity contribution in [2.45, 2.75) is 329 Å². The minimum atomic E-state index is -0.814. The molecule has 6 nitrogen and oxygen atoms in total. The first-order valence-electron chi connectivity index (χ1n) is 34.5. The minimum Gasteiger partial charge on any atom is -0.462 e. The van der Waals surface area contributed by atoms with Gasteiger partial charge in [-0.15, -0.1) is 0 Å². The third-order valence-electron chi connectivity index (χ3n) is 14.7. The van der Waals surface area contributed by atoms with Crippen LogP contribution in [0.15, 0.2) is 122 Å². The van der Waals surface area contributed by atoms with Crippen molar-refractivity contribution in [1.82, 2.24) is 0 Å². The summed E-state index contributed by atoms with van der Waals surface area (Å²) in [5.41, 5.74) is 0. The summed E-state index contributed by atoms with van der Waals surface area (Å²) in [6, 6.07) is 0. The second kappa shape index (κ2) is 69.3.